The maximum atomic E-state index is 11.9. The summed E-state index contributed by atoms with van der Waals surface area (Å²) in [5.41, 5.74) is 0.561. The van der Waals surface area contributed by atoms with E-state index >= 15 is 0 Å². The van der Waals surface area contributed by atoms with Gasteiger partial charge in [0.05, 0.1) is 15.7 Å². The molecule has 0 amide bonds. The third kappa shape index (κ3) is 2.11. The molecule has 96 valence electrons. The van der Waals surface area contributed by atoms with Gasteiger partial charge in [-0.1, -0.05) is 23.2 Å². The Morgan fingerprint density at radius 2 is 1.94 bits per heavy atom. The second-order valence-electron chi connectivity index (χ2n) is 4.53. The lowest BCUT2D eigenvalue weighted by molar-refractivity contribution is 0.597. The van der Waals surface area contributed by atoms with E-state index in [1.165, 1.54) is 25.2 Å². The highest BCUT2D eigenvalue weighted by molar-refractivity contribution is 7.90. The quantitative estimate of drug-likeness (QED) is 0.844. The van der Waals surface area contributed by atoms with Crippen LogP contribution in [0.5, 0.6) is 0 Å². The third-order valence-electron chi connectivity index (χ3n) is 3.07. The number of benzene rings is 1. The SMILES string of the molecule is O=S1(=O)N=CN(CC2CC2)c2cc(Cl)c(Cl)cc21. The maximum absolute atomic E-state index is 11.9. The van der Waals surface area contributed by atoms with Crippen LogP contribution in [0.2, 0.25) is 10.0 Å². The summed E-state index contributed by atoms with van der Waals surface area (Å²) in [6.07, 6.45) is 3.71. The Balaban J connectivity index is 2.12. The average Bonchev–Trinajstić information content (AvgIpc) is 3.10. The minimum absolute atomic E-state index is 0.125. The molecular weight excluding hydrogens is 295 g/mol. The van der Waals surface area contributed by atoms with Crippen molar-refractivity contribution >= 4 is 45.3 Å². The van der Waals surface area contributed by atoms with E-state index in [1.54, 1.807) is 6.07 Å². The zero-order valence-electron chi connectivity index (χ0n) is 9.31. The molecule has 1 aromatic carbocycles. The van der Waals surface area contributed by atoms with Crippen molar-refractivity contribution in [1.82, 2.24) is 0 Å². The normalized spacial score (nSPS) is 20.9. The number of rotatable bonds is 2. The van der Waals surface area contributed by atoms with Crippen molar-refractivity contribution in [3.05, 3.63) is 22.2 Å². The van der Waals surface area contributed by atoms with Gasteiger partial charge in [-0.3, -0.25) is 0 Å². The van der Waals surface area contributed by atoms with Crippen molar-refractivity contribution < 1.29 is 8.42 Å². The maximum Gasteiger partial charge on any atom is 0.285 e. The monoisotopic (exact) mass is 304 g/mol. The molecule has 4 nitrogen and oxygen atoms in total. The molecule has 1 heterocycles. The average molecular weight is 305 g/mol. The zero-order chi connectivity index (χ0) is 12.9. The summed E-state index contributed by atoms with van der Waals surface area (Å²) < 4.78 is 27.3. The largest absolute Gasteiger partial charge is 0.330 e. The first-order valence-corrected chi connectivity index (χ1v) is 7.73. The number of nitrogens with zero attached hydrogens (tertiary/aromatic N) is 2. The third-order valence-corrected chi connectivity index (χ3v) is 5.04. The highest BCUT2D eigenvalue weighted by atomic mass is 35.5. The highest BCUT2D eigenvalue weighted by Crippen LogP contribution is 2.39. The molecule has 0 radical (unpaired) electrons. The molecule has 1 fully saturated rings. The van der Waals surface area contributed by atoms with E-state index < -0.39 is 10.0 Å². The Bertz CT molecular complexity index is 639. The predicted molar refractivity (Wildman–Crippen MR) is 72.2 cm³/mol. The van der Waals surface area contributed by atoms with Crippen molar-refractivity contribution in [2.75, 3.05) is 11.4 Å². The molecule has 18 heavy (non-hydrogen) atoms. The minimum Gasteiger partial charge on any atom is -0.330 e. The molecule has 0 bridgehead atoms. The number of halogens is 2. The van der Waals surface area contributed by atoms with Crippen LogP contribution in [0.15, 0.2) is 21.4 Å². The van der Waals surface area contributed by atoms with E-state index in [0.717, 1.165) is 6.54 Å². The van der Waals surface area contributed by atoms with E-state index in [-0.39, 0.29) is 9.92 Å². The van der Waals surface area contributed by atoms with Crippen LogP contribution in [0.25, 0.3) is 0 Å². The van der Waals surface area contributed by atoms with E-state index in [2.05, 4.69) is 4.40 Å². The lowest BCUT2D eigenvalue weighted by atomic mass is 10.2. The molecule has 3 rings (SSSR count). The number of fused-ring (bicyclic) bond motifs is 1. The fourth-order valence-corrected chi connectivity index (χ4v) is 3.36. The van der Waals surface area contributed by atoms with Crippen molar-refractivity contribution in [1.29, 1.82) is 0 Å². The van der Waals surface area contributed by atoms with E-state index in [1.807, 2.05) is 4.90 Å². The van der Waals surface area contributed by atoms with Gasteiger partial charge >= 0.3 is 0 Å². The molecule has 1 aliphatic carbocycles. The van der Waals surface area contributed by atoms with Gasteiger partial charge < -0.3 is 4.90 Å². The summed E-state index contributed by atoms with van der Waals surface area (Å²) >= 11 is 11.8. The fourth-order valence-electron chi connectivity index (χ4n) is 1.91. The van der Waals surface area contributed by atoms with Crippen LogP contribution in [0.3, 0.4) is 0 Å². The van der Waals surface area contributed by atoms with Crippen LogP contribution in [0, 0.1) is 5.92 Å². The highest BCUT2D eigenvalue weighted by Gasteiger charge is 2.31. The summed E-state index contributed by atoms with van der Waals surface area (Å²) in [6.45, 7) is 0.768. The lowest BCUT2D eigenvalue weighted by Crippen LogP contribution is -2.29. The van der Waals surface area contributed by atoms with Gasteiger partial charge in [0.1, 0.15) is 11.2 Å². The van der Waals surface area contributed by atoms with E-state index in [4.69, 9.17) is 23.2 Å². The predicted octanol–water partition coefficient (Wildman–Crippen LogP) is 2.94. The van der Waals surface area contributed by atoms with Crippen LogP contribution in [0.1, 0.15) is 12.8 Å². The number of hydrogen-bond donors (Lipinski definition) is 0. The molecule has 0 saturated heterocycles. The molecule has 0 atom stereocenters. The molecule has 0 unspecified atom stereocenters. The van der Waals surface area contributed by atoms with E-state index in [9.17, 15) is 8.42 Å². The Hall–Kier alpha value is -0.780. The van der Waals surface area contributed by atoms with Gasteiger partial charge in [-0.25, -0.2) is 0 Å². The first-order chi connectivity index (χ1) is 8.47. The second kappa shape index (κ2) is 4.11. The molecule has 0 N–H and O–H groups in total. The number of sulfonamides is 1. The van der Waals surface area contributed by atoms with Crippen molar-refractivity contribution in [2.24, 2.45) is 10.3 Å². The summed E-state index contributed by atoms with van der Waals surface area (Å²) in [5, 5.41) is 0.573. The minimum atomic E-state index is -3.64. The molecule has 1 saturated carbocycles. The van der Waals surface area contributed by atoms with Gasteiger partial charge in [-0.05, 0) is 30.9 Å². The standard InChI is InChI=1S/C11H10Cl2N2O2S/c12-8-3-10-11(4-9(8)13)18(16,17)14-6-15(10)5-7-1-2-7/h3-4,6-7H,1-2,5H2. The van der Waals surface area contributed by atoms with Gasteiger partial charge in [-0.2, -0.15) is 8.42 Å². The van der Waals surface area contributed by atoms with Gasteiger partial charge in [0.25, 0.3) is 10.0 Å². The van der Waals surface area contributed by atoms with Crippen LogP contribution >= 0.6 is 23.2 Å². The van der Waals surface area contributed by atoms with Crippen molar-refractivity contribution in [3.63, 3.8) is 0 Å². The van der Waals surface area contributed by atoms with Crippen LogP contribution in [0.4, 0.5) is 5.69 Å². The molecule has 1 aromatic rings. The molecule has 7 heteroatoms. The van der Waals surface area contributed by atoms with Crippen LogP contribution in [-0.4, -0.2) is 21.3 Å². The molecule has 2 aliphatic rings. The topological polar surface area (TPSA) is 49.7 Å². The Morgan fingerprint density at radius 1 is 1.28 bits per heavy atom. The first kappa shape index (κ1) is 12.3. The lowest BCUT2D eigenvalue weighted by Gasteiger charge is -2.25. The summed E-state index contributed by atoms with van der Waals surface area (Å²) in [6, 6.07) is 2.95. The first-order valence-electron chi connectivity index (χ1n) is 5.53. The van der Waals surface area contributed by atoms with Crippen molar-refractivity contribution in [2.45, 2.75) is 17.7 Å². The Morgan fingerprint density at radius 3 is 2.61 bits per heavy atom. The molecule has 0 spiro atoms. The van der Waals surface area contributed by atoms with E-state index in [0.29, 0.717) is 16.6 Å². The Labute approximate surface area is 115 Å². The Kier molecular flexibility index (Phi) is 2.80. The van der Waals surface area contributed by atoms with Gasteiger partial charge in [0, 0.05) is 6.54 Å². The number of anilines is 1. The molecular formula is C11H10Cl2N2O2S. The van der Waals surface area contributed by atoms with Crippen LogP contribution in [-0.2, 0) is 10.0 Å². The molecule has 1 aliphatic heterocycles. The summed E-state index contributed by atoms with van der Waals surface area (Å²) in [4.78, 5) is 1.95. The van der Waals surface area contributed by atoms with Gasteiger partial charge in [-0.15, -0.1) is 4.40 Å². The second-order valence-corrected chi connectivity index (χ2v) is 6.94. The smallest absolute Gasteiger partial charge is 0.285 e. The van der Waals surface area contributed by atoms with Gasteiger partial charge in [0.2, 0.25) is 0 Å². The molecule has 0 aromatic heterocycles. The van der Waals surface area contributed by atoms with Gasteiger partial charge in [0.15, 0.2) is 0 Å². The van der Waals surface area contributed by atoms with Crippen LogP contribution < -0.4 is 4.90 Å². The number of hydrogen-bond acceptors (Lipinski definition) is 3. The van der Waals surface area contributed by atoms with Crippen molar-refractivity contribution in [3.8, 4) is 0 Å². The zero-order valence-corrected chi connectivity index (χ0v) is 11.6. The summed E-state index contributed by atoms with van der Waals surface area (Å²) in [5.74, 6) is 0.611. The summed E-state index contributed by atoms with van der Waals surface area (Å²) in [7, 11) is -3.64. The fraction of sp³-hybridized carbons (Fsp3) is 0.364.